The van der Waals surface area contributed by atoms with Crippen LogP contribution in [0.4, 0.5) is 0 Å². The molecule has 2 aromatic rings. The first-order valence-electron chi connectivity index (χ1n) is 17.1. The third-order valence-electron chi connectivity index (χ3n) is 10.6. The van der Waals surface area contributed by atoms with Gasteiger partial charge in [0.05, 0.1) is 17.9 Å². The maximum atomic E-state index is 14.2. The van der Waals surface area contributed by atoms with E-state index in [1.54, 1.807) is 11.0 Å². The summed E-state index contributed by atoms with van der Waals surface area (Å²) in [5.41, 5.74) is 5.63. The van der Waals surface area contributed by atoms with Crippen molar-refractivity contribution >= 4 is 40.9 Å². The number of nitrogens with zero attached hydrogens (tertiary/aromatic N) is 2. The number of halogens is 1. The van der Waals surface area contributed by atoms with Crippen LogP contribution in [0.25, 0.3) is 6.08 Å². The molecule has 0 unspecified atom stereocenters. The lowest BCUT2D eigenvalue weighted by Gasteiger charge is -2.43. The summed E-state index contributed by atoms with van der Waals surface area (Å²) in [6.45, 7) is 6.87. The molecule has 2 N–H and O–H groups in total. The molecule has 7 nitrogen and oxygen atoms in total. The first-order chi connectivity index (χ1) is 22.3. The molecule has 46 heavy (non-hydrogen) atoms. The SMILES string of the molecule is CCCC1=C2[C@@H](CC/C(=C/c3cc(Br)ccc3O)CC)OB(O)C[C@@H]2[C@@H]2C(=O)N(C3CCN(Cc4ccccc4)CC3)C(=O)[C@@H]2C1. The summed E-state index contributed by atoms with van der Waals surface area (Å²) in [4.78, 5) is 32.3. The van der Waals surface area contributed by atoms with E-state index in [9.17, 15) is 19.7 Å². The summed E-state index contributed by atoms with van der Waals surface area (Å²) in [5, 5.41) is 21.4. The number of amides is 2. The first-order valence-corrected chi connectivity index (χ1v) is 17.9. The number of carbonyl (C=O) groups excluding carboxylic acids is 2. The molecular weight excluding hydrogens is 643 g/mol. The predicted octanol–water partition coefficient (Wildman–Crippen LogP) is 6.99. The lowest BCUT2D eigenvalue weighted by molar-refractivity contribution is -0.144. The quantitative estimate of drug-likeness (QED) is 0.159. The molecule has 0 radical (unpaired) electrons. The minimum atomic E-state index is -0.971. The fraction of sp³-hybridized carbons (Fsp3) is 0.514. The van der Waals surface area contributed by atoms with Crippen molar-refractivity contribution in [2.45, 2.75) is 90.2 Å². The highest BCUT2D eigenvalue weighted by atomic mass is 79.9. The van der Waals surface area contributed by atoms with Crippen LogP contribution in [0.3, 0.4) is 0 Å². The van der Waals surface area contributed by atoms with Gasteiger partial charge in [-0.1, -0.05) is 83.8 Å². The number of aromatic hydroxyl groups is 1. The molecule has 3 fully saturated rings. The minimum absolute atomic E-state index is 0.00766. The van der Waals surface area contributed by atoms with E-state index in [-0.39, 0.29) is 41.5 Å². The summed E-state index contributed by atoms with van der Waals surface area (Å²) < 4.78 is 7.14. The van der Waals surface area contributed by atoms with Gasteiger partial charge in [-0.05, 0) is 86.5 Å². The van der Waals surface area contributed by atoms with E-state index < -0.39 is 13.0 Å². The van der Waals surface area contributed by atoms with Crippen LogP contribution in [0, 0.1) is 17.8 Å². The van der Waals surface area contributed by atoms with Gasteiger partial charge in [0.2, 0.25) is 11.8 Å². The molecule has 4 atom stereocenters. The molecule has 3 aliphatic heterocycles. The zero-order valence-electron chi connectivity index (χ0n) is 27.0. The van der Waals surface area contributed by atoms with Crippen LogP contribution in [-0.4, -0.2) is 64.1 Å². The second-order valence-electron chi connectivity index (χ2n) is 13.5. The van der Waals surface area contributed by atoms with Gasteiger partial charge in [-0.25, -0.2) is 0 Å². The van der Waals surface area contributed by atoms with Crippen LogP contribution in [0.2, 0.25) is 6.32 Å². The van der Waals surface area contributed by atoms with Crippen molar-refractivity contribution < 1.29 is 24.4 Å². The van der Waals surface area contributed by atoms with Gasteiger partial charge in [0.25, 0.3) is 0 Å². The van der Waals surface area contributed by atoms with Crippen LogP contribution in [0.15, 0.2) is 69.7 Å². The van der Waals surface area contributed by atoms with Crippen LogP contribution >= 0.6 is 15.9 Å². The van der Waals surface area contributed by atoms with Crippen molar-refractivity contribution in [2.24, 2.45) is 17.8 Å². The Kier molecular flexibility index (Phi) is 10.5. The summed E-state index contributed by atoms with van der Waals surface area (Å²) in [6, 6.07) is 15.8. The molecule has 0 saturated carbocycles. The van der Waals surface area contributed by atoms with Gasteiger partial charge in [-0.15, -0.1) is 0 Å². The first kappa shape index (κ1) is 33.2. The van der Waals surface area contributed by atoms with Crippen molar-refractivity contribution in [3.05, 3.63) is 80.8 Å². The Balaban J connectivity index is 1.19. The van der Waals surface area contributed by atoms with Gasteiger partial charge in [0.1, 0.15) is 5.75 Å². The molecule has 6 rings (SSSR count). The van der Waals surface area contributed by atoms with Gasteiger partial charge in [-0.2, -0.15) is 0 Å². The molecule has 1 aliphatic carbocycles. The highest BCUT2D eigenvalue weighted by molar-refractivity contribution is 9.10. The minimum Gasteiger partial charge on any atom is -0.507 e. The molecule has 0 spiro atoms. The average molecular weight is 690 g/mol. The number of rotatable bonds is 10. The standard InChI is InChI=1S/C37H46BBrN2O5/c1-3-8-26-21-30-35(37(44)41(36(30)43)29-15-17-40(18-16-29)23-25-9-6-5-7-10-25)31-22-38(45)46-33(34(26)31)14-11-24(4-2)19-27-20-28(39)12-13-32(27)42/h5-7,9-10,12-13,19-20,29-31,33,35,42,45H,3-4,8,11,14-18,21-23H2,1-2H3/b24-19+/t30-,31+,33-,35-/m1/s1. The fourth-order valence-corrected chi connectivity index (χ4v) is 8.77. The number of hydrogen-bond acceptors (Lipinski definition) is 6. The van der Waals surface area contributed by atoms with E-state index in [1.807, 2.05) is 24.3 Å². The Hall–Kier alpha value is -2.72. The Bertz CT molecular complexity index is 1490. The number of piperidine rings is 1. The Labute approximate surface area is 282 Å². The number of likely N-dealkylation sites (tertiary alicyclic amines) is 2. The molecule has 3 heterocycles. The summed E-state index contributed by atoms with van der Waals surface area (Å²) in [5.74, 6) is -0.765. The van der Waals surface area contributed by atoms with E-state index >= 15 is 0 Å². The van der Waals surface area contributed by atoms with Crippen molar-refractivity contribution in [2.75, 3.05) is 13.1 Å². The highest BCUT2D eigenvalue weighted by Crippen LogP contribution is 2.52. The topological polar surface area (TPSA) is 90.3 Å². The largest absolute Gasteiger partial charge is 0.507 e. The number of phenols is 1. The molecule has 2 amide bonds. The molecule has 3 saturated heterocycles. The van der Waals surface area contributed by atoms with Crippen LogP contribution in [0.1, 0.15) is 76.3 Å². The molecular formula is C37H46BBrN2O5. The molecule has 4 aliphatic rings. The number of imide groups is 1. The molecule has 244 valence electrons. The summed E-state index contributed by atoms with van der Waals surface area (Å²) in [6.07, 6.45) is 8.34. The average Bonchev–Trinajstić information content (AvgIpc) is 3.30. The maximum absolute atomic E-state index is 14.2. The Morgan fingerprint density at radius 2 is 1.83 bits per heavy atom. The van der Waals surface area contributed by atoms with Crippen LogP contribution < -0.4 is 0 Å². The van der Waals surface area contributed by atoms with Crippen molar-refractivity contribution in [1.82, 2.24) is 9.80 Å². The van der Waals surface area contributed by atoms with E-state index in [2.05, 4.69) is 58.9 Å². The van der Waals surface area contributed by atoms with Crippen molar-refractivity contribution in [1.29, 1.82) is 0 Å². The Morgan fingerprint density at radius 3 is 2.54 bits per heavy atom. The van der Waals surface area contributed by atoms with Gasteiger partial charge >= 0.3 is 7.12 Å². The third-order valence-corrected chi connectivity index (χ3v) is 11.1. The second-order valence-corrected chi connectivity index (χ2v) is 14.4. The number of carbonyl (C=O) groups is 2. The molecule has 0 bridgehead atoms. The van der Waals surface area contributed by atoms with E-state index in [1.165, 1.54) is 16.7 Å². The summed E-state index contributed by atoms with van der Waals surface area (Å²) >= 11 is 3.50. The smallest absolute Gasteiger partial charge is 0.455 e. The van der Waals surface area contributed by atoms with Gasteiger partial charge < -0.3 is 14.8 Å². The molecule has 2 aromatic carbocycles. The molecule has 0 aromatic heterocycles. The zero-order valence-corrected chi connectivity index (χ0v) is 28.6. The highest BCUT2D eigenvalue weighted by Gasteiger charge is 2.58. The zero-order chi connectivity index (χ0) is 32.4. The fourth-order valence-electron chi connectivity index (χ4n) is 8.39. The lowest BCUT2D eigenvalue weighted by atomic mass is 9.58. The number of allylic oxidation sites excluding steroid dienone is 2. The molecule has 9 heteroatoms. The van der Waals surface area contributed by atoms with E-state index in [0.29, 0.717) is 19.2 Å². The number of benzene rings is 2. The van der Waals surface area contributed by atoms with Crippen molar-refractivity contribution in [3.8, 4) is 5.75 Å². The lowest BCUT2D eigenvalue weighted by Crippen LogP contribution is -2.48. The number of hydrogen-bond donors (Lipinski definition) is 2. The number of fused-ring (bicyclic) bond motifs is 3. The van der Waals surface area contributed by atoms with Gasteiger partial charge in [0, 0.05) is 35.7 Å². The van der Waals surface area contributed by atoms with E-state index in [4.69, 9.17) is 4.65 Å². The number of phenolic OH excluding ortho intramolecular Hbond substituents is 1. The van der Waals surface area contributed by atoms with Crippen molar-refractivity contribution in [3.63, 3.8) is 0 Å². The van der Waals surface area contributed by atoms with Crippen LogP contribution in [-0.2, 0) is 20.8 Å². The van der Waals surface area contributed by atoms with Gasteiger partial charge in [0.15, 0.2) is 0 Å². The Morgan fingerprint density at radius 1 is 1.07 bits per heavy atom. The van der Waals surface area contributed by atoms with E-state index in [0.717, 1.165) is 73.8 Å². The third kappa shape index (κ3) is 6.94. The van der Waals surface area contributed by atoms with Gasteiger partial charge in [-0.3, -0.25) is 19.4 Å². The predicted molar refractivity (Wildman–Crippen MR) is 185 cm³/mol. The second kappa shape index (κ2) is 14.6. The maximum Gasteiger partial charge on any atom is 0.455 e. The normalized spacial score (nSPS) is 26.1. The summed E-state index contributed by atoms with van der Waals surface area (Å²) in [7, 11) is -0.971. The monoisotopic (exact) mass is 688 g/mol. The van der Waals surface area contributed by atoms with Crippen LogP contribution in [0.5, 0.6) is 5.75 Å².